The van der Waals surface area contributed by atoms with Gasteiger partial charge in [0.25, 0.3) is 0 Å². The third-order valence-electron chi connectivity index (χ3n) is 1.42. The summed E-state index contributed by atoms with van der Waals surface area (Å²) in [4.78, 5) is 10.9. The molecule has 0 rings (SSSR count). The summed E-state index contributed by atoms with van der Waals surface area (Å²) in [5, 5.41) is 8.39. The van der Waals surface area contributed by atoms with E-state index >= 15 is 0 Å². The van der Waals surface area contributed by atoms with E-state index in [-0.39, 0.29) is 13.2 Å². The van der Waals surface area contributed by atoms with Crippen molar-refractivity contribution in [2.24, 2.45) is 0 Å². The SMILES string of the molecule is C=C(C)C(=O)OCCOCCOCCO.COC. The average molecular weight is 264 g/mol. The lowest BCUT2D eigenvalue weighted by molar-refractivity contribution is -0.140. The normalized spacial score (nSPS) is 9.33. The molecule has 6 heteroatoms. The molecule has 0 aromatic rings. The van der Waals surface area contributed by atoms with Crippen LogP contribution >= 0.6 is 0 Å². The van der Waals surface area contributed by atoms with Gasteiger partial charge >= 0.3 is 5.97 Å². The lowest BCUT2D eigenvalue weighted by atomic mass is 10.4. The Morgan fingerprint density at radius 2 is 1.50 bits per heavy atom. The van der Waals surface area contributed by atoms with E-state index in [0.29, 0.717) is 32.0 Å². The van der Waals surface area contributed by atoms with Crippen molar-refractivity contribution in [1.29, 1.82) is 0 Å². The summed E-state index contributed by atoms with van der Waals surface area (Å²) in [7, 11) is 3.25. The van der Waals surface area contributed by atoms with Gasteiger partial charge in [0, 0.05) is 19.8 Å². The highest BCUT2D eigenvalue weighted by molar-refractivity contribution is 5.86. The first kappa shape index (κ1) is 19.4. The predicted molar refractivity (Wildman–Crippen MR) is 67.4 cm³/mol. The van der Waals surface area contributed by atoms with Crippen LogP contribution in [0.4, 0.5) is 0 Å². The highest BCUT2D eigenvalue weighted by Gasteiger charge is 2.01. The van der Waals surface area contributed by atoms with Gasteiger partial charge in [0.15, 0.2) is 0 Å². The third kappa shape index (κ3) is 17.4. The number of carbonyl (C=O) groups is 1. The molecule has 0 saturated carbocycles. The van der Waals surface area contributed by atoms with Crippen LogP contribution in [0.5, 0.6) is 0 Å². The molecule has 0 radical (unpaired) electrons. The van der Waals surface area contributed by atoms with Crippen molar-refractivity contribution in [3.05, 3.63) is 12.2 Å². The first-order valence-corrected chi connectivity index (χ1v) is 5.59. The molecule has 18 heavy (non-hydrogen) atoms. The summed E-state index contributed by atoms with van der Waals surface area (Å²) in [5.41, 5.74) is 0.376. The van der Waals surface area contributed by atoms with Crippen LogP contribution in [0.15, 0.2) is 12.2 Å². The van der Waals surface area contributed by atoms with Gasteiger partial charge in [-0.25, -0.2) is 4.79 Å². The largest absolute Gasteiger partial charge is 0.460 e. The van der Waals surface area contributed by atoms with Crippen molar-refractivity contribution in [2.75, 3.05) is 53.9 Å². The van der Waals surface area contributed by atoms with E-state index in [2.05, 4.69) is 11.3 Å². The number of methoxy groups -OCH3 is 1. The molecule has 108 valence electrons. The van der Waals surface area contributed by atoms with Gasteiger partial charge in [0.1, 0.15) is 6.61 Å². The number of aliphatic hydroxyl groups excluding tert-OH is 1. The molecule has 6 nitrogen and oxygen atoms in total. The van der Waals surface area contributed by atoms with Gasteiger partial charge < -0.3 is 24.1 Å². The maximum atomic E-state index is 10.9. The van der Waals surface area contributed by atoms with Gasteiger partial charge in [-0.15, -0.1) is 0 Å². The Kier molecular flexibility index (Phi) is 17.3. The Morgan fingerprint density at radius 1 is 1.06 bits per heavy atom. The minimum atomic E-state index is -0.407. The fourth-order valence-corrected chi connectivity index (χ4v) is 0.703. The molecule has 0 unspecified atom stereocenters. The van der Waals surface area contributed by atoms with Gasteiger partial charge in [0.2, 0.25) is 0 Å². The van der Waals surface area contributed by atoms with Crippen LogP contribution in [-0.4, -0.2) is 64.9 Å². The maximum Gasteiger partial charge on any atom is 0.333 e. The monoisotopic (exact) mass is 264 g/mol. The molecule has 0 bridgehead atoms. The van der Waals surface area contributed by atoms with Gasteiger partial charge in [-0.1, -0.05) is 6.58 Å². The third-order valence-corrected chi connectivity index (χ3v) is 1.42. The van der Waals surface area contributed by atoms with Crippen molar-refractivity contribution in [3.8, 4) is 0 Å². The molecule has 0 aliphatic heterocycles. The van der Waals surface area contributed by atoms with Crippen LogP contribution in [0.2, 0.25) is 0 Å². The first-order chi connectivity index (χ1) is 8.59. The Morgan fingerprint density at radius 3 is 1.94 bits per heavy atom. The van der Waals surface area contributed by atoms with Crippen molar-refractivity contribution < 1.29 is 28.8 Å². The second-order valence-corrected chi connectivity index (χ2v) is 3.27. The van der Waals surface area contributed by atoms with Crippen LogP contribution in [0.3, 0.4) is 0 Å². The highest BCUT2D eigenvalue weighted by Crippen LogP contribution is 1.91. The number of rotatable bonds is 9. The van der Waals surface area contributed by atoms with Gasteiger partial charge in [0.05, 0.1) is 33.0 Å². The molecule has 0 amide bonds. The molecule has 0 aromatic carbocycles. The number of esters is 1. The van der Waals surface area contributed by atoms with E-state index in [1.165, 1.54) is 0 Å². The number of carbonyl (C=O) groups excluding carboxylic acids is 1. The summed E-state index contributed by atoms with van der Waals surface area (Å²) in [6.45, 7) is 6.75. The summed E-state index contributed by atoms with van der Waals surface area (Å²) in [5.74, 6) is -0.407. The smallest absolute Gasteiger partial charge is 0.333 e. The fraction of sp³-hybridized carbons (Fsp3) is 0.750. The number of ether oxygens (including phenoxy) is 4. The molecular formula is C12H24O6. The molecule has 1 N–H and O–H groups in total. The average Bonchev–Trinajstić information content (AvgIpc) is 2.33. The molecule has 0 heterocycles. The number of aliphatic hydroxyl groups is 1. The van der Waals surface area contributed by atoms with Gasteiger partial charge in [-0.05, 0) is 6.92 Å². The van der Waals surface area contributed by atoms with Crippen LogP contribution in [0.1, 0.15) is 6.92 Å². The Bertz CT molecular complexity index is 205. The van der Waals surface area contributed by atoms with Crippen LogP contribution in [0, 0.1) is 0 Å². The van der Waals surface area contributed by atoms with Gasteiger partial charge in [-0.3, -0.25) is 0 Å². The first-order valence-electron chi connectivity index (χ1n) is 5.59. The number of hydrogen-bond acceptors (Lipinski definition) is 6. The highest BCUT2D eigenvalue weighted by atomic mass is 16.6. The van der Waals surface area contributed by atoms with Crippen molar-refractivity contribution in [2.45, 2.75) is 6.92 Å². The number of hydrogen-bond donors (Lipinski definition) is 1. The van der Waals surface area contributed by atoms with E-state index in [1.54, 1.807) is 21.1 Å². The topological polar surface area (TPSA) is 74.2 Å². The molecule has 0 saturated heterocycles. The van der Waals surface area contributed by atoms with E-state index < -0.39 is 5.97 Å². The Hall–Kier alpha value is -0.950. The van der Waals surface area contributed by atoms with Crippen LogP contribution in [0.25, 0.3) is 0 Å². The second kappa shape index (κ2) is 16.1. The zero-order chi connectivity index (χ0) is 14.2. The van der Waals surface area contributed by atoms with Crippen LogP contribution < -0.4 is 0 Å². The minimum absolute atomic E-state index is 0.0101. The lowest BCUT2D eigenvalue weighted by Gasteiger charge is -2.05. The van der Waals surface area contributed by atoms with E-state index in [0.717, 1.165) is 0 Å². The zero-order valence-electron chi connectivity index (χ0n) is 11.4. The van der Waals surface area contributed by atoms with E-state index in [1.807, 2.05) is 0 Å². The summed E-state index contributed by atoms with van der Waals surface area (Å²) >= 11 is 0. The van der Waals surface area contributed by atoms with E-state index in [9.17, 15) is 4.79 Å². The van der Waals surface area contributed by atoms with E-state index in [4.69, 9.17) is 19.3 Å². The zero-order valence-corrected chi connectivity index (χ0v) is 11.4. The maximum absolute atomic E-state index is 10.9. The van der Waals surface area contributed by atoms with Crippen LogP contribution in [-0.2, 0) is 23.7 Å². The van der Waals surface area contributed by atoms with Crippen molar-refractivity contribution in [3.63, 3.8) is 0 Å². The lowest BCUT2D eigenvalue weighted by Crippen LogP contribution is -2.13. The quantitative estimate of drug-likeness (QED) is 0.369. The van der Waals surface area contributed by atoms with Gasteiger partial charge in [-0.2, -0.15) is 0 Å². The molecule has 0 fully saturated rings. The Labute approximate surface area is 108 Å². The fourth-order valence-electron chi connectivity index (χ4n) is 0.703. The molecule has 0 aliphatic carbocycles. The molecule has 0 aliphatic rings. The molecule has 0 atom stereocenters. The Balaban J connectivity index is 0. The van der Waals surface area contributed by atoms with Crippen molar-refractivity contribution >= 4 is 5.97 Å². The predicted octanol–water partition coefficient (Wildman–Crippen LogP) is 0.394. The standard InChI is InChI=1S/C10H18O5.C2H6O/c1-9(2)10(12)15-8-7-14-6-5-13-4-3-11;1-3-2/h11H,1,3-8H2,2H3;1-2H3. The summed E-state index contributed by atoms with van der Waals surface area (Å²) < 4.78 is 19.1. The molecular weight excluding hydrogens is 240 g/mol. The second-order valence-electron chi connectivity index (χ2n) is 3.27. The van der Waals surface area contributed by atoms with Crippen molar-refractivity contribution in [1.82, 2.24) is 0 Å². The minimum Gasteiger partial charge on any atom is -0.460 e. The molecule has 0 aromatic heterocycles. The molecule has 0 spiro atoms. The summed E-state index contributed by atoms with van der Waals surface area (Å²) in [6.07, 6.45) is 0. The summed E-state index contributed by atoms with van der Waals surface area (Å²) in [6, 6.07) is 0.